The highest BCUT2D eigenvalue weighted by Crippen LogP contribution is 2.18. The van der Waals surface area contributed by atoms with Gasteiger partial charge in [0.2, 0.25) is 5.91 Å². The van der Waals surface area contributed by atoms with E-state index >= 15 is 0 Å². The standard InChI is InChI=1S/C17H20N2O5S/c1-3-23-16(21)14-11-25-17(18-14)19-15(20)5-4-10-24-13-8-6-12(22-2)7-9-13/h6-9,11H,3-5,10H2,1-2H3,(H,18,19,20). The van der Waals surface area contributed by atoms with Gasteiger partial charge < -0.3 is 19.5 Å². The fourth-order valence-electron chi connectivity index (χ4n) is 1.91. The molecule has 1 amide bonds. The number of esters is 1. The smallest absolute Gasteiger partial charge is 0.357 e. The topological polar surface area (TPSA) is 86.8 Å². The quantitative estimate of drug-likeness (QED) is 0.543. The number of methoxy groups -OCH3 is 1. The summed E-state index contributed by atoms with van der Waals surface area (Å²) in [6, 6.07) is 7.24. The number of thiazole rings is 1. The van der Waals surface area contributed by atoms with E-state index in [1.54, 1.807) is 19.4 Å². The highest BCUT2D eigenvalue weighted by Gasteiger charge is 2.13. The van der Waals surface area contributed by atoms with E-state index in [0.717, 1.165) is 11.5 Å². The molecule has 25 heavy (non-hydrogen) atoms. The molecule has 0 atom stereocenters. The van der Waals surface area contributed by atoms with Crippen LogP contribution < -0.4 is 14.8 Å². The second-order valence-corrected chi connectivity index (χ2v) is 5.79. The molecular formula is C17H20N2O5S. The number of hydrogen-bond donors (Lipinski definition) is 1. The van der Waals surface area contributed by atoms with E-state index in [1.807, 2.05) is 24.3 Å². The van der Waals surface area contributed by atoms with Gasteiger partial charge >= 0.3 is 5.97 Å². The number of anilines is 1. The zero-order valence-electron chi connectivity index (χ0n) is 14.1. The van der Waals surface area contributed by atoms with Crippen LogP contribution in [0.4, 0.5) is 5.13 Å². The van der Waals surface area contributed by atoms with E-state index < -0.39 is 5.97 Å². The number of rotatable bonds is 9. The van der Waals surface area contributed by atoms with Crippen LogP contribution >= 0.6 is 11.3 Å². The lowest BCUT2D eigenvalue weighted by molar-refractivity contribution is -0.116. The second kappa shape index (κ2) is 9.63. The largest absolute Gasteiger partial charge is 0.497 e. The molecule has 0 bridgehead atoms. The number of amides is 1. The number of nitrogens with one attached hydrogen (secondary N) is 1. The van der Waals surface area contributed by atoms with E-state index in [4.69, 9.17) is 14.2 Å². The van der Waals surface area contributed by atoms with Crippen LogP contribution in [-0.4, -0.2) is 37.2 Å². The maximum Gasteiger partial charge on any atom is 0.357 e. The van der Waals surface area contributed by atoms with Crippen LogP contribution in [0.15, 0.2) is 29.6 Å². The summed E-state index contributed by atoms with van der Waals surface area (Å²) in [6.07, 6.45) is 0.860. The third kappa shape index (κ3) is 6.07. The van der Waals surface area contributed by atoms with E-state index in [-0.39, 0.29) is 18.2 Å². The van der Waals surface area contributed by atoms with Gasteiger partial charge in [0.15, 0.2) is 10.8 Å². The Hall–Kier alpha value is -2.61. The van der Waals surface area contributed by atoms with E-state index in [2.05, 4.69) is 10.3 Å². The van der Waals surface area contributed by atoms with Gasteiger partial charge in [0.25, 0.3) is 0 Å². The number of ether oxygens (including phenoxy) is 3. The lowest BCUT2D eigenvalue weighted by atomic mass is 10.3. The van der Waals surface area contributed by atoms with Crippen LogP contribution in [0.3, 0.4) is 0 Å². The molecule has 0 unspecified atom stereocenters. The molecule has 0 spiro atoms. The first-order chi connectivity index (χ1) is 12.1. The summed E-state index contributed by atoms with van der Waals surface area (Å²) >= 11 is 1.18. The van der Waals surface area contributed by atoms with Crippen molar-refractivity contribution in [3.8, 4) is 11.5 Å². The average molecular weight is 364 g/mol. The van der Waals surface area contributed by atoms with Gasteiger partial charge in [0.05, 0.1) is 20.3 Å². The average Bonchev–Trinajstić information content (AvgIpc) is 3.08. The molecule has 0 aliphatic rings. The predicted octanol–water partition coefficient (Wildman–Crippen LogP) is 3.13. The van der Waals surface area contributed by atoms with Crippen molar-refractivity contribution in [1.82, 2.24) is 4.98 Å². The molecule has 8 heteroatoms. The zero-order valence-corrected chi connectivity index (χ0v) is 14.9. The summed E-state index contributed by atoms with van der Waals surface area (Å²) in [6.45, 7) is 2.43. The van der Waals surface area contributed by atoms with Crippen molar-refractivity contribution in [3.05, 3.63) is 35.3 Å². The highest BCUT2D eigenvalue weighted by atomic mass is 32.1. The van der Waals surface area contributed by atoms with Gasteiger partial charge in [0.1, 0.15) is 11.5 Å². The number of aromatic nitrogens is 1. The van der Waals surface area contributed by atoms with Crippen LogP contribution in [-0.2, 0) is 9.53 Å². The third-order valence-electron chi connectivity index (χ3n) is 3.11. The number of nitrogens with zero attached hydrogens (tertiary/aromatic N) is 1. The Kier molecular flexibility index (Phi) is 7.21. The summed E-state index contributed by atoms with van der Waals surface area (Å²) in [5, 5.41) is 4.60. The third-order valence-corrected chi connectivity index (χ3v) is 3.87. The molecule has 1 N–H and O–H groups in total. The first kappa shape index (κ1) is 18.7. The van der Waals surface area contributed by atoms with Crippen molar-refractivity contribution >= 4 is 28.3 Å². The Balaban J connectivity index is 1.69. The molecule has 2 rings (SSSR count). The molecule has 7 nitrogen and oxygen atoms in total. The van der Waals surface area contributed by atoms with Gasteiger partial charge in [-0.05, 0) is 37.6 Å². The molecule has 1 aromatic heterocycles. The molecule has 0 saturated carbocycles. The van der Waals surface area contributed by atoms with Crippen molar-refractivity contribution in [1.29, 1.82) is 0 Å². The zero-order chi connectivity index (χ0) is 18.1. The molecule has 0 radical (unpaired) electrons. The van der Waals surface area contributed by atoms with Crippen LogP contribution in [0, 0.1) is 0 Å². The Bertz CT molecular complexity index is 699. The molecule has 134 valence electrons. The summed E-state index contributed by atoms with van der Waals surface area (Å²) in [5.41, 5.74) is 0.199. The minimum absolute atomic E-state index is 0.178. The Morgan fingerprint density at radius 2 is 1.92 bits per heavy atom. The van der Waals surface area contributed by atoms with Gasteiger partial charge in [-0.15, -0.1) is 11.3 Å². The number of hydrogen-bond acceptors (Lipinski definition) is 7. The van der Waals surface area contributed by atoms with Crippen molar-refractivity contribution in [2.75, 3.05) is 25.6 Å². The van der Waals surface area contributed by atoms with Crippen LogP contribution in [0.5, 0.6) is 11.5 Å². The monoisotopic (exact) mass is 364 g/mol. The fraction of sp³-hybridized carbons (Fsp3) is 0.353. The molecule has 0 fully saturated rings. The SMILES string of the molecule is CCOC(=O)c1csc(NC(=O)CCCOc2ccc(OC)cc2)n1. The summed E-state index contributed by atoms with van der Waals surface area (Å²) in [5.74, 6) is 0.813. The van der Waals surface area contributed by atoms with Crippen LogP contribution in [0.2, 0.25) is 0 Å². The number of benzene rings is 1. The van der Waals surface area contributed by atoms with E-state index in [1.165, 1.54) is 11.3 Å². The van der Waals surface area contributed by atoms with Gasteiger partial charge in [0, 0.05) is 11.8 Å². The minimum atomic E-state index is -0.493. The first-order valence-electron chi connectivity index (χ1n) is 7.81. The van der Waals surface area contributed by atoms with Crippen LogP contribution in [0.1, 0.15) is 30.3 Å². The first-order valence-corrected chi connectivity index (χ1v) is 8.69. The molecule has 1 heterocycles. The van der Waals surface area contributed by atoms with E-state index in [9.17, 15) is 9.59 Å². The molecule has 2 aromatic rings. The number of carbonyl (C=O) groups excluding carboxylic acids is 2. The van der Waals surface area contributed by atoms with Crippen molar-refractivity contribution < 1.29 is 23.8 Å². The normalized spacial score (nSPS) is 10.2. The molecule has 1 aromatic carbocycles. The number of carbonyl (C=O) groups is 2. The maximum absolute atomic E-state index is 11.9. The molecule has 0 aliphatic carbocycles. The van der Waals surface area contributed by atoms with E-state index in [0.29, 0.717) is 24.6 Å². The summed E-state index contributed by atoms with van der Waals surface area (Å²) in [7, 11) is 1.60. The van der Waals surface area contributed by atoms with Crippen LogP contribution in [0.25, 0.3) is 0 Å². The van der Waals surface area contributed by atoms with Crippen molar-refractivity contribution in [2.45, 2.75) is 19.8 Å². The van der Waals surface area contributed by atoms with Gasteiger partial charge in [-0.3, -0.25) is 4.79 Å². The van der Waals surface area contributed by atoms with Gasteiger partial charge in [-0.25, -0.2) is 9.78 Å². The van der Waals surface area contributed by atoms with Gasteiger partial charge in [-0.1, -0.05) is 0 Å². The Morgan fingerprint density at radius 3 is 2.60 bits per heavy atom. The molecular weight excluding hydrogens is 344 g/mol. The maximum atomic E-state index is 11.9. The van der Waals surface area contributed by atoms with Gasteiger partial charge in [-0.2, -0.15) is 0 Å². The predicted molar refractivity (Wildman–Crippen MR) is 94.4 cm³/mol. The summed E-state index contributed by atoms with van der Waals surface area (Å²) < 4.78 is 15.5. The highest BCUT2D eigenvalue weighted by molar-refractivity contribution is 7.14. The molecule has 0 aliphatic heterocycles. The van der Waals surface area contributed by atoms with Crippen molar-refractivity contribution in [3.63, 3.8) is 0 Å². The summed E-state index contributed by atoms with van der Waals surface area (Å²) in [4.78, 5) is 27.4. The lowest BCUT2D eigenvalue weighted by Crippen LogP contribution is -2.13. The Labute approximate surface area is 149 Å². The molecule has 0 saturated heterocycles. The minimum Gasteiger partial charge on any atom is -0.497 e. The fourth-order valence-corrected chi connectivity index (χ4v) is 2.60. The van der Waals surface area contributed by atoms with Crippen molar-refractivity contribution in [2.24, 2.45) is 0 Å². The Morgan fingerprint density at radius 1 is 1.20 bits per heavy atom. The lowest BCUT2D eigenvalue weighted by Gasteiger charge is -2.07. The second-order valence-electron chi connectivity index (χ2n) is 4.93.